The Hall–Kier alpha value is -1.17. The fraction of sp³-hybridized carbons (Fsp3) is 0.308. The van der Waals surface area contributed by atoms with E-state index >= 15 is 0 Å². The van der Waals surface area contributed by atoms with E-state index < -0.39 is 5.60 Å². The van der Waals surface area contributed by atoms with Crippen molar-refractivity contribution in [1.82, 2.24) is 9.78 Å². The second-order valence-electron chi connectivity index (χ2n) is 4.12. The molecule has 1 aromatic carbocycles. The summed E-state index contributed by atoms with van der Waals surface area (Å²) in [6.45, 7) is 0.162. The lowest BCUT2D eigenvalue weighted by Crippen LogP contribution is -2.35. The zero-order valence-corrected chi connectivity index (χ0v) is 11.9. The molecule has 0 fully saturated rings. The fourth-order valence-corrected chi connectivity index (χ4v) is 2.76. The van der Waals surface area contributed by atoms with Gasteiger partial charge in [0.2, 0.25) is 0 Å². The molecule has 1 unspecified atom stereocenters. The minimum Gasteiger partial charge on any atom is -0.381 e. The van der Waals surface area contributed by atoms with Crippen molar-refractivity contribution in [3.8, 4) is 0 Å². The molecule has 0 bridgehead atoms. The number of nitrogens with zero attached hydrogens (tertiary/aromatic N) is 2. The van der Waals surface area contributed by atoms with Crippen LogP contribution in [0.15, 0.2) is 41.0 Å². The second kappa shape index (κ2) is 5.22. The topological polar surface area (TPSA) is 47.3 Å². The zero-order chi connectivity index (χ0) is 13.2. The van der Waals surface area contributed by atoms with E-state index in [1.807, 2.05) is 30.3 Å². The van der Waals surface area contributed by atoms with Gasteiger partial charge in [0.25, 0.3) is 0 Å². The summed E-state index contributed by atoms with van der Waals surface area (Å²) in [6, 6.07) is 9.44. The molecule has 4 nitrogen and oxygen atoms in total. The number of methoxy groups -OCH3 is 1. The molecule has 1 N–H and O–H groups in total. The number of hydrogen-bond acceptors (Lipinski definition) is 3. The average Bonchev–Trinajstić information content (AvgIpc) is 2.71. The Balaban J connectivity index is 2.58. The van der Waals surface area contributed by atoms with E-state index in [0.29, 0.717) is 5.69 Å². The summed E-state index contributed by atoms with van der Waals surface area (Å²) in [5, 5.41) is 15.1. The summed E-state index contributed by atoms with van der Waals surface area (Å²) in [4.78, 5) is 0. The van der Waals surface area contributed by atoms with Crippen molar-refractivity contribution in [2.24, 2.45) is 7.05 Å². The first-order valence-corrected chi connectivity index (χ1v) is 6.33. The van der Waals surface area contributed by atoms with Crippen molar-refractivity contribution in [2.45, 2.75) is 5.60 Å². The Morgan fingerprint density at radius 3 is 2.56 bits per heavy atom. The summed E-state index contributed by atoms with van der Waals surface area (Å²) < 4.78 is 7.59. The molecule has 0 aliphatic heterocycles. The number of ether oxygens (including phenoxy) is 1. The van der Waals surface area contributed by atoms with Gasteiger partial charge in [0.15, 0.2) is 5.60 Å². The predicted molar refractivity (Wildman–Crippen MR) is 72.2 cm³/mol. The highest BCUT2D eigenvalue weighted by atomic mass is 79.9. The summed E-state index contributed by atoms with van der Waals surface area (Å²) >= 11 is 3.42. The summed E-state index contributed by atoms with van der Waals surface area (Å²) in [5.41, 5.74) is 0.229. The third kappa shape index (κ3) is 2.21. The summed E-state index contributed by atoms with van der Waals surface area (Å²) in [5.74, 6) is 0. The maximum absolute atomic E-state index is 11.0. The molecule has 2 aromatic rings. The van der Waals surface area contributed by atoms with Gasteiger partial charge in [0, 0.05) is 14.2 Å². The number of aryl methyl sites for hydroxylation is 1. The van der Waals surface area contributed by atoms with Gasteiger partial charge in [-0.25, -0.2) is 0 Å². The standard InChI is InChI=1S/C13H15BrN2O2/c1-16-12(11(14)8-15-16)13(17,9-18-2)10-6-4-3-5-7-10/h3-8,17H,9H2,1-2H3. The smallest absolute Gasteiger partial charge is 0.155 e. The first kappa shape index (κ1) is 13.3. The molecule has 18 heavy (non-hydrogen) atoms. The molecule has 0 saturated heterocycles. The monoisotopic (exact) mass is 310 g/mol. The first-order valence-electron chi connectivity index (χ1n) is 5.54. The van der Waals surface area contributed by atoms with Crippen molar-refractivity contribution in [2.75, 3.05) is 13.7 Å². The van der Waals surface area contributed by atoms with E-state index in [4.69, 9.17) is 4.74 Å². The van der Waals surface area contributed by atoms with Crippen molar-refractivity contribution in [1.29, 1.82) is 0 Å². The maximum atomic E-state index is 11.0. The van der Waals surface area contributed by atoms with Crippen LogP contribution in [0, 0.1) is 0 Å². The number of aromatic nitrogens is 2. The van der Waals surface area contributed by atoms with E-state index in [0.717, 1.165) is 10.0 Å². The van der Waals surface area contributed by atoms with E-state index in [2.05, 4.69) is 21.0 Å². The average molecular weight is 311 g/mol. The molecule has 2 rings (SSSR count). The first-order chi connectivity index (χ1) is 8.59. The van der Waals surface area contributed by atoms with E-state index in [-0.39, 0.29) is 6.61 Å². The van der Waals surface area contributed by atoms with E-state index in [1.54, 1.807) is 25.0 Å². The van der Waals surface area contributed by atoms with Crippen LogP contribution in [0.3, 0.4) is 0 Å². The number of benzene rings is 1. The third-order valence-corrected chi connectivity index (χ3v) is 3.47. The van der Waals surface area contributed by atoms with Crippen LogP contribution in [0.4, 0.5) is 0 Å². The van der Waals surface area contributed by atoms with Crippen LogP contribution in [-0.4, -0.2) is 28.6 Å². The molecule has 0 spiro atoms. The molecule has 0 saturated carbocycles. The molecule has 0 aliphatic rings. The Bertz CT molecular complexity index is 508. The molecule has 1 aromatic heterocycles. The van der Waals surface area contributed by atoms with Gasteiger partial charge >= 0.3 is 0 Å². The highest BCUT2D eigenvalue weighted by Gasteiger charge is 2.36. The quantitative estimate of drug-likeness (QED) is 0.940. The molecule has 96 valence electrons. The van der Waals surface area contributed by atoms with Gasteiger partial charge in [-0.3, -0.25) is 4.68 Å². The maximum Gasteiger partial charge on any atom is 0.155 e. The highest BCUT2D eigenvalue weighted by molar-refractivity contribution is 9.10. The minimum atomic E-state index is -1.22. The summed E-state index contributed by atoms with van der Waals surface area (Å²) in [6.07, 6.45) is 1.67. The van der Waals surface area contributed by atoms with Crippen LogP contribution in [0.1, 0.15) is 11.3 Å². The van der Waals surface area contributed by atoms with Crippen molar-refractivity contribution in [3.63, 3.8) is 0 Å². The molecule has 1 atom stereocenters. The van der Waals surface area contributed by atoms with Gasteiger partial charge in [-0.15, -0.1) is 0 Å². The van der Waals surface area contributed by atoms with Gasteiger partial charge in [-0.05, 0) is 21.5 Å². The Labute approximate surface area is 114 Å². The fourth-order valence-electron chi connectivity index (χ4n) is 2.09. The van der Waals surface area contributed by atoms with Gasteiger partial charge < -0.3 is 9.84 Å². The SMILES string of the molecule is COCC(O)(c1ccccc1)c1c(Br)cnn1C. The number of hydrogen-bond donors (Lipinski definition) is 1. The highest BCUT2D eigenvalue weighted by Crippen LogP contribution is 2.34. The Morgan fingerprint density at radius 2 is 2.06 bits per heavy atom. The molecule has 5 heteroatoms. The lowest BCUT2D eigenvalue weighted by molar-refractivity contribution is -0.00947. The van der Waals surface area contributed by atoms with Gasteiger partial charge in [0.05, 0.1) is 23.0 Å². The van der Waals surface area contributed by atoms with E-state index in [1.165, 1.54) is 0 Å². The Morgan fingerprint density at radius 1 is 1.39 bits per heavy atom. The minimum absolute atomic E-state index is 0.162. The van der Waals surface area contributed by atoms with Crippen molar-refractivity contribution >= 4 is 15.9 Å². The Kier molecular flexibility index (Phi) is 3.85. The lowest BCUT2D eigenvalue weighted by Gasteiger charge is -2.28. The molecular formula is C13H15BrN2O2. The van der Waals surface area contributed by atoms with Crippen LogP contribution in [0.25, 0.3) is 0 Å². The third-order valence-electron chi connectivity index (χ3n) is 2.89. The zero-order valence-electron chi connectivity index (χ0n) is 10.3. The van der Waals surface area contributed by atoms with Crippen LogP contribution in [0.5, 0.6) is 0 Å². The van der Waals surface area contributed by atoms with Gasteiger partial charge in [-0.2, -0.15) is 5.10 Å². The largest absolute Gasteiger partial charge is 0.381 e. The number of rotatable bonds is 4. The van der Waals surface area contributed by atoms with Crippen LogP contribution < -0.4 is 0 Å². The molecular weight excluding hydrogens is 296 g/mol. The van der Waals surface area contributed by atoms with Crippen LogP contribution in [0.2, 0.25) is 0 Å². The molecule has 0 radical (unpaired) electrons. The molecule has 0 amide bonds. The predicted octanol–water partition coefficient (Wildman–Crippen LogP) is 2.06. The van der Waals surface area contributed by atoms with E-state index in [9.17, 15) is 5.11 Å². The summed E-state index contributed by atoms with van der Waals surface area (Å²) in [7, 11) is 3.36. The lowest BCUT2D eigenvalue weighted by atomic mass is 9.91. The normalized spacial score (nSPS) is 14.4. The number of aliphatic hydroxyl groups is 1. The number of halogens is 1. The van der Waals surface area contributed by atoms with Crippen molar-refractivity contribution < 1.29 is 9.84 Å². The van der Waals surface area contributed by atoms with Crippen molar-refractivity contribution in [3.05, 3.63) is 52.3 Å². The van der Waals surface area contributed by atoms with Gasteiger partial charge in [-0.1, -0.05) is 30.3 Å². The molecule has 1 heterocycles. The van der Waals surface area contributed by atoms with Crippen LogP contribution >= 0.6 is 15.9 Å². The van der Waals surface area contributed by atoms with Crippen LogP contribution in [-0.2, 0) is 17.4 Å². The van der Waals surface area contributed by atoms with Gasteiger partial charge in [0.1, 0.15) is 0 Å². The molecule has 0 aliphatic carbocycles. The second-order valence-corrected chi connectivity index (χ2v) is 4.98.